The Labute approximate surface area is 73.8 Å². The van der Waals surface area contributed by atoms with E-state index in [0.29, 0.717) is 0 Å². The molecule has 0 radical (unpaired) electrons. The molecule has 1 rings (SSSR count). The summed E-state index contributed by atoms with van der Waals surface area (Å²) in [6.45, 7) is 5.17. The third-order valence-electron chi connectivity index (χ3n) is 2.03. The molecule has 1 unspecified atom stereocenters. The van der Waals surface area contributed by atoms with Crippen LogP contribution in [0.2, 0.25) is 0 Å². The molecule has 12 heavy (non-hydrogen) atoms. The Morgan fingerprint density at radius 3 is 2.83 bits per heavy atom. The molecule has 2 heteroatoms. The molecule has 0 aliphatic carbocycles. The summed E-state index contributed by atoms with van der Waals surface area (Å²) < 4.78 is 2.12. The van der Waals surface area contributed by atoms with Crippen molar-refractivity contribution in [2.24, 2.45) is 0 Å². The van der Waals surface area contributed by atoms with Gasteiger partial charge in [0.2, 0.25) is 0 Å². The Bertz CT molecular complexity index is 229. The first kappa shape index (κ1) is 9.33. The van der Waals surface area contributed by atoms with E-state index in [0.717, 1.165) is 24.9 Å². The molecule has 0 fully saturated rings. The largest absolute Gasteiger partial charge is 0.388 e. The molecule has 1 aromatic heterocycles. The van der Waals surface area contributed by atoms with E-state index in [4.69, 9.17) is 0 Å². The molecular formula is C10H17NO. The molecule has 1 atom stereocenters. The molecule has 0 saturated carbocycles. The molecule has 0 aliphatic rings. The molecule has 0 amide bonds. The molecule has 0 aliphatic heterocycles. The van der Waals surface area contributed by atoms with Crippen LogP contribution in [0.15, 0.2) is 18.5 Å². The monoisotopic (exact) mass is 167 g/mol. The van der Waals surface area contributed by atoms with Gasteiger partial charge >= 0.3 is 0 Å². The molecule has 1 aromatic rings. The Kier molecular flexibility index (Phi) is 3.35. The zero-order valence-electron chi connectivity index (χ0n) is 7.83. The van der Waals surface area contributed by atoms with Crippen LogP contribution in [0.1, 0.15) is 38.4 Å². The van der Waals surface area contributed by atoms with E-state index in [1.807, 2.05) is 25.4 Å². The van der Waals surface area contributed by atoms with Gasteiger partial charge in [0.05, 0.1) is 6.10 Å². The minimum absolute atomic E-state index is 0.289. The predicted molar refractivity (Wildman–Crippen MR) is 50.0 cm³/mol. The molecular weight excluding hydrogens is 150 g/mol. The van der Waals surface area contributed by atoms with Gasteiger partial charge in [-0.25, -0.2) is 0 Å². The first-order chi connectivity index (χ1) is 5.77. The van der Waals surface area contributed by atoms with E-state index in [-0.39, 0.29) is 6.10 Å². The maximum absolute atomic E-state index is 9.50. The lowest BCUT2D eigenvalue weighted by Gasteiger charge is -2.03. The van der Waals surface area contributed by atoms with Crippen LogP contribution in [-0.2, 0) is 6.54 Å². The van der Waals surface area contributed by atoms with Crippen molar-refractivity contribution in [2.45, 2.75) is 39.3 Å². The lowest BCUT2D eigenvalue weighted by molar-refractivity contribution is 0.173. The van der Waals surface area contributed by atoms with Crippen LogP contribution < -0.4 is 0 Å². The van der Waals surface area contributed by atoms with E-state index < -0.39 is 0 Å². The van der Waals surface area contributed by atoms with Gasteiger partial charge in [-0.1, -0.05) is 13.8 Å². The zero-order valence-corrected chi connectivity index (χ0v) is 7.83. The second kappa shape index (κ2) is 4.31. The normalized spacial score (nSPS) is 13.2. The summed E-state index contributed by atoms with van der Waals surface area (Å²) in [7, 11) is 0. The molecule has 0 bridgehead atoms. The Morgan fingerprint density at radius 1 is 1.50 bits per heavy atom. The average Bonchev–Trinajstić information content (AvgIpc) is 2.52. The van der Waals surface area contributed by atoms with Crippen LogP contribution in [0.4, 0.5) is 0 Å². The Balaban J connectivity index is 2.63. The lowest BCUT2D eigenvalue weighted by atomic mass is 10.1. The Hall–Kier alpha value is -0.760. The second-order valence-corrected chi connectivity index (χ2v) is 3.11. The van der Waals surface area contributed by atoms with E-state index >= 15 is 0 Å². The van der Waals surface area contributed by atoms with E-state index in [1.165, 1.54) is 0 Å². The fourth-order valence-corrected chi connectivity index (χ4v) is 1.29. The first-order valence-electron chi connectivity index (χ1n) is 4.61. The first-order valence-corrected chi connectivity index (χ1v) is 4.61. The quantitative estimate of drug-likeness (QED) is 0.731. The van der Waals surface area contributed by atoms with Gasteiger partial charge in [0.15, 0.2) is 0 Å². The van der Waals surface area contributed by atoms with Gasteiger partial charge in [0.1, 0.15) is 0 Å². The average molecular weight is 167 g/mol. The van der Waals surface area contributed by atoms with Crippen LogP contribution in [-0.4, -0.2) is 9.67 Å². The van der Waals surface area contributed by atoms with Crippen molar-refractivity contribution in [3.05, 3.63) is 24.0 Å². The van der Waals surface area contributed by atoms with Gasteiger partial charge in [-0.2, -0.15) is 0 Å². The minimum Gasteiger partial charge on any atom is -0.388 e. The molecule has 1 heterocycles. The van der Waals surface area contributed by atoms with Gasteiger partial charge in [-0.3, -0.25) is 0 Å². The SMILES string of the molecule is CCCn1ccc(C(O)CC)c1. The van der Waals surface area contributed by atoms with Gasteiger partial charge in [0, 0.05) is 18.9 Å². The number of aromatic nitrogens is 1. The minimum atomic E-state index is -0.289. The van der Waals surface area contributed by atoms with Gasteiger partial charge < -0.3 is 9.67 Å². The third kappa shape index (κ3) is 2.11. The number of rotatable bonds is 4. The zero-order chi connectivity index (χ0) is 8.97. The molecule has 68 valence electrons. The van der Waals surface area contributed by atoms with Crippen LogP contribution >= 0.6 is 0 Å². The number of aliphatic hydroxyl groups is 1. The summed E-state index contributed by atoms with van der Waals surface area (Å²) in [5.41, 5.74) is 1.03. The van der Waals surface area contributed by atoms with Gasteiger partial charge in [-0.15, -0.1) is 0 Å². The summed E-state index contributed by atoms with van der Waals surface area (Å²) in [6.07, 6.45) is 5.69. The van der Waals surface area contributed by atoms with Crippen molar-refractivity contribution in [3.63, 3.8) is 0 Å². The van der Waals surface area contributed by atoms with Crippen LogP contribution in [0.5, 0.6) is 0 Å². The highest BCUT2D eigenvalue weighted by Crippen LogP contribution is 2.16. The fraction of sp³-hybridized carbons (Fsp3) is 0.600. The Morgan fingerprint density at radius 2 is 2.25 bits per heavy atom. The summed E-state index contributed by atoms with van der Waals surface area (Å²) in [4.78, 5) is 0. The predicted octanol–water partition coefficient (Wildman–Crippen LogP) is 2.34. The molecule has 2 nitrogen and oxygen atoms in total. The maximum Gasteiger partial charge on any atom is 0.0802 e. The smallest absolute Gasteiger partial charge is 0.0802 e. The summed E-state index contributed by atoms with van der Waals surface area (Å²) in [6, 6.07) is 1.99. The highest BCUT2D eigenvalue weighted by Gasteiger charge is 2.05. The summed E-state index contributed by atoms with van der Waals surface area (Å²) in [5.74, 6) is 0. The number of aliphatic hydroxyl groups excluding tert-OH is 1. The van der Waals surface area contributed by atoms with Crippen molar-refractivity contribution in [3.8, 4) is 0 Å². The second-order valence-electron chi connectivity index (χ2n) is 3.11. The molecule has 0 saturated heterocycles. The van der Waals surface area contributed by atoms with Crippen molar-refractivity contribution in [2.75, 3.05) is 0 Å². The van der Waals surface area contributed by atoms with Crippen LogP contribution in [0, 0.1) is 0 Å². The topological polar surface area (TPSA) is 25.2 Å². The van der Waals surface area contributed by atoms with Crippen molar-refractivity contribution in [1.82, 2.24) is 4.57 Å². The van der Waals surface area contributed by atoms with Crippen LogP contribution in [0.25, 0.3) is 0 Å². The van der Waals surface area contributed by atoms with E-state index in [2.05, 4.69) is 11.5 Å². The van der Waals surface area contributed by atoms with Crippen LogP contribution in [0.3, 0.4) is 0 Å². The third-order valence-corrected chi connectivity index (χ3v) is 2.03. The van der Waals surface area contributed by atoms with Gasteiger partial charge in [-0.05, 0) is 24.5 Å². The number of hydrogen-bond donors (Lipinski definition) is 1. The highest BCUT2D eigenvalue weighted by atomic mass is 16.3. The molecule has 1 N–H and O–H groups in total. The standard InChI is InChI=1S/C10H17NO/c1-3-6-11-7-5-9(8-11)10(12)4-2/h5,7-8,10,12H,3-4,6H2,1-2H3. The van der Waals surface area contributed by atoms with E-state index in [9.17, 15) is 5.11 Å². The van der Waals surface area contributed by atoms with Gasteiger partial charge in [0.25, 0.3) is 0 Å². The fourth-order valence-electron chi connectivity index (χ4n) is 1.29. The van der Waals surface area contributed by atoms with Crippen molar-refractivity contribution < 1.29 is 5.11 Å². The van der Waals surface area contributed by atoms with Crippen molar-refractivity contribution >= 4 is 0 Å². The molecule has 0 aromatic carbocycles. The highest BCUT2D eigenvalue weighted by molar-refractivity contribution is 5.13. The number of hydrogen-bond acceptors (Lipinski definition) is 1. The summed E-state index contributed by atoms with van der Waals surface area (Å²) in [5, 5.41) is 9.50. The lowest BCUT2D eigenvalue weighted by Crippen LogP contribution is -1.94. The molecule has 0 spiro atoms. The number of nitrogens with zero attached hydrogens (tertiary/aromatic N) is 1. The maximum atomic E-state index is 9.50. The number of aryl methyl sites for hydroxylation is 1. The van der Waals surface area contributed by atoms with Crippen molar-refractivity contribution in [1.29, 1.82) is 0 Å². The van der Waals surface area contributed by atoms with E-state index in [1.54, 1.807) is 0 Å². The summed E-state index contributed by atoms with van der Waals surface area (Å²) >= 11 is 0.